The average molecular weight is 297 g/mol. The van der Waals surface area contributed by atoms with Crippen molar-refractivity contribution in [2.75, 3.05) is 24.0 Å². The third-order valence-electron chi connectivity index (χ3n) is 3.07. The van der Waals surface area contributed by atoms with Crippen LogP contribution in [0.15, 0.2) is 49.2 Å². The van der Waals surface area contributed by atoms with Crippen LogP contribution in [-0.4, -0.2) is 24.2 Å². The molecule has 1 aromatic carbocycles. The van der Waals surface area contributed by atoms with Crippen LogP contribution in [0.4, 0.5) is 11.4 Å². The van der Waals surface area contributed by atoms with Crippen molar-refractivity contribution in [1.82, 2.24) is 4.98 Å². The van der Waals surface area contributed by atoms with Crippen LogP contribution in [0, 0.1) is 0 Å². The predicted molar refractivity (Wildman–Crippen MR) is 83.4 cm³/mol. The quantitative estimate of drug-likeness (QED) is 0.830. The molecule has 3 rings (SSSR count). The Hall–Kier alpha value is -3.02. The van der Waals surface area contributed by atoms with Crippen LogP contribution in [0.1, 0.15) is 10.5 Å². The highest BCUT2D eigenvalue weighted by Crippen LogP contribution is 2.34. The first-order chi connectivity index (χ1) is 10.8. The summed E-state index contributed by atoms with van der Waals surface area (Å²) in [6, 6.07) is 8.71. The number of carbonyl (C=O) groups excluding carboxylic acids is 1. The lowest BCUT2D eigenvalue weighted by Crippen LogP contribution is -2.14. The summed E-state index contributed by atoms with van der Waals surface area (Å²) in [5, 5.41) is 5.90. The fraction of sp³-hybridized carbons (Fsp3) is 0.125. The number of aromatic nitrogens is 1. The minimum absolute atomic E-state index is 0.200. The summed E-state index contributed by atoms with van der Waals surface area (Å²) in [6.07, 6.45) is 3.33. The van der Waals surface area contributed by atoms with E-state index in [4.69, 9.17) is 9.47 Å². The van der Waals surface area contributed by atoms with Crippen molar-refractivity contribution in [1.29, 1.82) is 0 Å². The number of pyridine rings is 1. The number of nitrogens with one attached hydrogen (secondary N) is 2. The normalized spacial score (nSPS) is 11.8. The molecule has 0 radical (unpaired) electrons. The molecule has 0 atom stereocenters. The lowest BCUT2D eigenvalue weighted by Gasteiger charge is -2.07. The molecule has 1 aromatic heterocycles. The van der Waals surface area contributed by atoms with Crippen LogP contribution in [0.3, 0.4) is 0 Å². The van der Waals surface area contributed by atoms with Crippen molar-refractivity contribution in [2.45, 2.75) is 0 Å². The smallest absolute Gasteiger partial charge is 0.274 e. The zero-order valence-corrected chi connectivity index (χ0v) is 11.8. The molecule has 22 heavy (non-hydrogen) atoms. The number of amides is 1. The Morgan fingerprint density at radius 1 is 1.23 bits per heavy atom. The molecule has 1 aliphatic rings. The molecule has 0 unspecified atom stereocenters. The minimum atomic E-state index is -0.291. The molecular formula is C16H15N3O3. The van der Waals surface area contributed by atoms with Crippen molar-refractivity contribution in [3.63, 3.8) is 0 Å². The molecule has 0 saturated heterocycles. The van der Waals surface area contributed by atoms with Crippen LogP contribution < -0.4 is 20.1 Å². The number of benzene rings is 1. The van der Waals surface area contributed by atoms with Gasteiger partial charge in [0, 0.05) is 30.2 Å². The maximum absolute atomic E-state index is 12.2. The summed E-state index contributed by atoms with van der Waals surface area (Å²) in [7, 11) is 0. The Labute approximate surface area is 127 Å². The third-order valence-corrected chi connectivity index (χ3v) is 3.07. The summed E-state index contributed by atoms with van der Waals surface area (Å²) in [6.45, 7) is 4.46. The van der Waals surface area contributed by atoms with Crippen LogP contribution in [-0.2, 0) is 0 Å². The van der Waals surface area contributed by atoms with E-state index in [1.807, 2.05) is 0 Å². The molecule has 112 valence electrons. The van der Waals surface area contributed by atoms with E-state index in [0.717, 1.165) is 5.69 Å². The van der Waals surface area contributed by atoms with Gasteiger partial charge >= 0.3 is 0 Å². The molecule has 0 fully saturated rings. The number of hydrogen-bond acceptors (Lipinski definition) is 5. The maximum Gasteiger partial charge on any atom is 0.274 e. The van der Waals surface area contributed by atoms with Crippen molar-refractivity contribution < 1.29 is 14.3 Å². The number of anilines is 2. The number of nitrogens with zero attached hydrogens (tertiary/aromatic N) is 1. The van der Waals surface area contributed by atoms with Crippen LogP contribution in [0.5, 0.6) is 11.5 Å². The molecule has 6 heteroatoms. The molecule has 6 nitrogen and oxygen atoms in total. The van der Waals surface area contributed by atoms with Gasteiger partial charge in [0.15, 0.2) is 11.5 Å². The Kier molecular flexibility index (Phi) is 3.91. The predicted octanol–water partition coefficient (Wildman–Crippen LogP) is 2.66. The summed E-state index contributed by atoms with van der Waals surface area (Å²) in [4.78, 5) is 16.3. The van der Waals surface area contributed by atoms with E-state index in [-0.39, 0.29) is 12.7 Å². The van der Waals surface area contributed by atoms with Gasteiger partial charge in [0.05, 0.1) is 0 Å². The van der Waals surface area contributed by atoms with E-state index in [0.29, 0.717) is 29.4 Å². The fourth-order valence-corrected chi connectivity index (χ4v) is 2.02. The van der Waals surface area contributed by atoms with Gasteiger partial charge in [-0.1, -0.05) is 6.08 Å². The first-order valence-corrected chi connectivity index (χ1v) is 6.78. The standard InChI is InChI=1S/C16H15N3O3/c1-2-6-17-11-5-7-18-13(8-11)16(20)19-12-3-4-14-15(9-12)22-10-21-14/h2-5,7-9H,1,6,10H2,(H,17,18)(H,19,20). The van der Waals surface area contributed by atoms with E-state index < -0.39 is 0 Å². The van der Waals surface area contributed by atoms with Gasteiger partial charge in [-0.25, -0.2) is 0 Å². The van der Waals surface area contributed by atoms with Crippen LogP contribution >= 0.6 is 0 Å². The number of ether oxygens (including phenoxy) is 2. The summed E-state index contributed by atoms with van der Waals surface area (Å²) >= 11 is 0. The molecule has 2 heterocycles. The lowest BCUT2D eigenvalue weighted by molar-refractivity contribution is 0.102. The first kappa shape index (κ1) is 13.9. The molecule has 1 aliphatic heterocycles. The highest BCUT2D eigenvalue weighted by atomic mass is 16.7. The molecule has 1 amide bonds. The molecule has 0 bridgehead atoms. The minimum Gasteiger partial charge on any atom is -0.454 e. The van der Waals surface area contributed by atoms with Crippen molar-refractivity contribution in [2.24, 2.45) is 0 Å². The summed E-state index contributed by atoms with van der Waals surface area (Å²) in [5.74, 6) is 1.00. The molecule has 0 aliphatic carbocycles. The average Bonchev–Trinajstić information content (AvgIpc) is 3.01. The molecular weight excluding hydrogens is 282 g/mol. The van der Waals surface area contributed by atoms with Crippen molar-refractivity contribution in [3.8, 4) is 11.5 Å². The van der Waals surface area contributed by atoms with E-state index in [9.17, 15) is 4.79 Å². The second-order valence-corrected chi connectivity index (χ2v) is 4.62. The zero-order chi connectivity index (χ0) is 15.4. The first-order valence-electron chi connectivity index (χ1n) is 6.78. The Morgan fingerprint density at radius 2 is 2.09 bits per heavy atom. The zero-order valence-electron chi connectivity index (χ0n) is 11.8. The molecule has 0 saturated carbocycles. The van der Waals surface area contributed by atoms with Gasteiger partial charge < -0.3 is 20.1 Å². The second kappa shape index (κ2) is 6.17. The number of rotatable bonds is 5. The van der Waals surface area contributed by atoms with Gasteiger partial charge in [0.2, 0.25) is 6.79 Å². The van der Waals surface area contributed by atoms with Gasteiger partial charge in [-0.05, 0) is 24.3 Å². The van der Waals surface area contributed by atoms with Crippen LogP contribution in [0.25, 0.3) is 0 Å². The van der Waals surface area contributed by atoms with Gasteiger partial charge in [-0.2, -0.15) is 0 Å². The van der Waals surface area contributed by atoms with Crippen molar-refractivity contribution >= 4 is 17.3 Å². The van der Waals surface area contributed by atoms with Gasteiger partial charge in [0.1, 0.15) is 5.69 Å². The maximum atomic E-state index is 12.2. The summed E-state index contributed by atoms with van der Waals surface area (Å²) < 4.78 is 10.5. The number of carbonyl (C=O) groups is 1. The molecule has 0 spiro atoms. The largest absolute Gasteiger partial charge is 0.454 e. The third kappa shape index (κ3) is 3.01. The lowest BCUT2D eigenvalue weighted by atomic mass is 10.2. The van der Waals surface area contributed by atoms with E-state index in [1.165, 1.54) is 0 Å². The molecule has 2 aromatic rings. The van der Waals surface area contributed by atoms with E-state index in [2.05, 4.69) is 22.2 Å². The monoisotopic (exact) mass is 297 g/mol. The summed E-state index contributed by atoms with van der Waals surface area (Å²) in [5.41, 5.74) is 1.76. The van der Waals surface area contributed by atoms with Gasteiger partial charge in [-0.3, -0.25) is 9.78 Å². The van der Waals surface area contributed by atoms with Gasteiger partial charge in [0.25, 0.3) is 5.91 Å². The highest BCUT2D eigenvalue weighted by Gasteiger charge is 2.15. The van der Waals surface area contributed by atoms with E-state index >= 15 is 0 Å². The van der Waals surface area contributed by atoms with Gasteiger partial charge in [-0.15, -0.1) is 6.58 Å². The highest BCUT2D eigenvalue weighted by molar-refractivity contribution is 6.03. The topological polar surface area (TPSA) is 72.5 Å². The van der Waals surface area contributed by atoms with E-state index in [1.54, 1.807) is 42.6 Å². The molecule has 2 N–H and O–H groups in total. The fourth-order valence-electron chi connectivity index (χ4n) is 2.02. The second-order valence-electron chi connectivity index (χ2n) is 4.62. The number of fused-ring (bicyclic) bond motifs is 1. The Morgan fingerprint density at radius 3 is 2.95 bits per heavy atom. The Balaban J connectivity index is 1.72. The van der Waals surface area contributed by atoms with Crippen molar-refractivity contribution in [3.05, 3.63) is 54.9 Å². The Bertz CT molecular complexity index is 716. The van der Waals surface area contributed by atoms with Crippen LogP contribution in [0.2, 0.25) is 0 Å². The number of hydrogen-bond donors (Lipinski definition) is 2. The SMILES string of the molecule is C=CCNc1ccnc(C(=O)Nc2ccc3c(c2)OCO3)c1.